The van der Waals surface area contributed by atoms with Crippen molar-refractivity contribution in [3.05, 3.63) is 95.2 Å². The maximum Gasteiger partial charge on any atom is 0.277 e. The Morgan fingerprint density at radius 2 is 1.26 bits per heavy atom. The highest BCUT2D eigenvalue weighted by atomic mass is 35.5. The molecule has 0 unspecified atom stereocenters. The van der Waals surface area contributed by atoms with Gasteiger partial charge in [-0.25, -0.2) is 4.98 Å². The summed E-state index contributed by atoms with van der Waals surface area (Å²) in [5, 5.41) is 1.23. The molecule has 0 bridgehead atoms. The molecule has 0 saturated carbocycles. The number of nitrogens with two attached hydrogens (primary N) is 2. The lowest BCUT2D eigenvalue weighted by Crippen LogP contribution is -2.20. The predicted molar refractivity (Wildman–Crippen MR) is 143 cm³/mol. The van der Waals surface area contributed by atoms with Crippen molar-refractivity contribution in [2.75, 3.05) is 11.5 Å². The lowest BCUT2D eigenvalue weighted by atomic mass is 10.3. The number of aromatic nitrogens is 6. The van der Waals surface area contributed by atoms with Crippen LogP contribution in [0.5, 0.6) is 0 Å². The zero-order valence-electron chi connectivity index (χ0n) is 17.6. The van der Waals surface area contributed by atoms with Gasteiger partial charge in [0.25, 0.3) is 11.1 Å². The minimum atomic E-state index is -0.488. The van der Waals surface area contributed by atoms with Gasteiger partial charge in [0.05, 0.1) is 12.0 Å². The van der Waals surface area contributed by atoms with Gasteiger partial charge in [-0.3, -0.25) is 28.7 Å². The molecular formula is C21H16Cl2N8O2S2. The number of hydrogen-bond acceptors (Lipinski definition) is 7. The molecule has 14 heteroatoms. The first-order chi connectivity index (χ1) is 16.7. The fraction of sp³-hybridized carbons (Fsp3) is 0. The van der Waals surface area contributed by atoms with Gasteiger partial charge in [-0.05, 0) is 73.0 Å². The Kier molecular flexibility index (Phi) is 6.89. The van der Waals surface area contributed by atoms with Gasteiger partial charge in [-0.15, -0.1) is 0 Å². The first-order valence-electron chi connectivity index (χ1n) is 9.78. The molecule has 5 rings (SSSR count). The number of fused-ring (bicyclic) bond motifs is 1. The second-order valence-electron chi connectivity index (χ2n) is 7.04. The summed E-state index contributed by atoms with van der Waals surface area (Å²) in [6, 6.07) is 14.0. The number of anilines is 2. The SMILES string of the molecule is Nc1c(N)n(-c2ccc(Cl)cc2)c(=S)[nH]c1=O.O=c1[nH]c(=S)n(-c2ccc(Cl)cc2)c2nc[nH]c12. The monoisotopic (exact) mass is 546 g/mol. The Hall–Kier alpha value is -3.71. The second kappa shape index (κ2) is 9.88. The summed E-state index contributed by atoms with van der Waals surface area (Å²) >= 11 is 21.8. The summed E-state index contributed by atoms with van der Waals surface area (Å²) in [6.45, 7) is 0. The number of nitrogens with zero attached hydrogens (tertiary/aromatic N) is 3. The first-order valence-corrected chi connectivity index (χ1v) is 11.3. The van der Waals surface area contributed by atoms with E-state index in [9.17, 15) is 9.59 Å². The summed E-state index contributed by atoms with van der Waals surface area (Å²) in [4.78, 5) is 35.0. The molecule has 178 valence electrons. The van der Waals surface area contributed by atoms with E-state index in [4.69, 9.17) is 59.1 Å². The van der Waals surface area contributed by atoms with E-state index in [1.54, 1.807) is 41.0 Å². The zero-order chi connectivity index (χ0) is 25.3. The van der Waals surface area contributed by atoms with Crippen molar-refractivity contribution < 1.29 is 0 Å². The van der Waals surface area contributed by atoms with Gasteiger partial charge in [-0.2, -0.15) is 0 Å². The van der Waals surface area contributed by atoms with Crippen molar-refractivity contribution >= 4 is 70.3 Å². The van der Waals surface area contributed by atoms with E-state index in [0.29, 0.717) is 31.7 Å². The molecule has 0 radical (unpaired) electrons. The highest BCUT2D eigenvalue weighted by Crippen LogP contribution is 2.19. The number of imidazole rings is 1. The van der Waals surface area contributed by atoms with Gasteiger partial charge in [0.2, 0.25) is 0 Å². The summed E-state index contributed by atoms with van der Waals surface area (Å²) in [5.41, 5.74) is 12.8. The van der Waals surface area contributed by atoms with Crippen molar-refractivity contribution in [1.82, 2.24) is 29.1 Å². The number of hydrogen-bond donors (Lipinski definition) is 5. The van der Waals surface area contributed by atoms with Crippen molar-refractivity contribution in [1.29, 1.82) is 0 Å². The van der Waals surface area contributed by atoms with Gasteiger partial charge in [-0.1, -0.05) is 23.2 Å². The van der Waals surface area contributed by atoms with Crippen molar-refractivity contribution in [2.24, 2.45) is 0 Å². The lowest BCUT2D eigenvalue weighted by molar-refractivity contribution is 0.955. The van der Waals surface area contributed by atoms with Crippen LogP contribution < -0.4 is 22.6 Å². The minimum absolute atomic E-state index is 0.0615. The molecule has 3 aromatic heterocycles. The van der Waals surface area contributed by atoms with Crippen LogP contribution in [0.1, 0.15) is 0 Å². The van der Waals surface area contributed by atoms with Gasteiger partial charge in [0.15, 0.2) is 15.2 Å². The third-order valence-electron chi connectivity index (χ3n) is 4.84. The second-order valence-corrected chi connectivity index (χ2v) is 8.69. The summed E-state index contributed by atoms with van der Waals surface area (Å²) in [7, 11) is 0. The van der Waals surface area contributed by atoms with Gasteiger partial charge in [0, 0.05) is 15.7 Å². The van der Waals surface area contributed by atoms with E-state index in [-0.39, 0.29) is 21.8 Å². The predicted octanol–water partition coefficient (Wildman–Crippen LogP) is 4.14. The molecule has 0 aliphatic rings. The molecule has 0 aliphatic carbocycles. The Morgan fingerprint density at radius 1 is 0.771 bits per heavy atom. The van der Waals surface area contributed by atoms with Crippen LogP contribution in [-0.2, 0) is 0 Å². The smallest absolute Gasteiger partial charge is 0.277 e. The fourth-order valence-corrected chi connectivity index (χ4v) is 4.01. The normalized spacial score (nSPS) is 10.7. The largest absolute Gasteiger partial charge is 0.391 e. The van der Waals surface area contributed by atoms with E-state index < -0.39 is 5.56 Å². The van der Waals surface area contributed by atoms with Crippen molar-refractivity contribution in [3.63, 3.8) is 0 Å². The number of benzene rings is 2. The van der Waals surface area contributed by atoms with E-state index in [1.165, 1.54) is 10.9 Å². The van der Waals surface area contributed by atoms with Crippen molar-refractivity contribution in [3.8, 4) is 11.4 Å². The standard InChI is InChI=1S/C11H7ClN4OS.C10H9ClN4OS/c12-6-1-3-7(4-2-6)16-9-8(13-5-14-9)10(17)15-11(16)18;11-5-1-3-6(4-2-5)15-8(13)7(12)9(16)14-10(15)17/h1-5H,(H,13,14)(H,15,17,18);1-4H,12-13H2,(H,14,16,17). The molecular weight excluding hydrogens is 531 g/mol. The van der Waals surface area contributed by atoms with Crippen LogP contribution in [0.25, 0.3) is 22.5 Å². The maximum absolute atomic E-state index is 11.7. The number of H-pyrrole nitrogens is 3. The van der Waals surface area contributed by atoms with Crippen LogP contribution in [0.2, 0.25) is 10.0 Å². The molecule has 35 heavy (non-hydrogen) atoms. The van der Waals surface area contributed by atoms with Gasteiger partial charge in [0.1, 0.15) is 17.0 Å². The summed E-state index contributed by atoms with van der Waals surface area (Å²) in [5.74, 6) is 0.112. The molecule has 3 heterocycles. The number of rotatable bonds is 2. The number of nitrogen functional groups attached to an aromatic ring is 2. The topological polar surface area (TPSA) is 156 Å². The van der Waals surface area contributed by atoms with E-state index >= 15 is 0 Å². The molecule has 7 N–H and O–H groups in total. The molecule has 5 aromatic rings. The van der Waals surface area contributed by atoms with E-state index in [2.05, 4.69) is 19.9 Å². The lowest BCUT2D eigenvalue weighted by Gasteiger charge is -2.11. The van der Waals surface area contributed by atoms with Crippen LogP contribution in [0.3, 0.4) is 0 Å². The maximum atomic E-state index is 11.7. The minimum Gasteiger partial charge on any atom is -0.391 e. The number of halogens is 2. The summed E-state index contributed by atoms with van der Waals surface area (Å²) in [6.07, 6.45) is 1.46. The van der Waals surface area contributed by atoms with Gasteiger partial charge < -0.3 is 16.5 Å². The summed E-state index contributed by atoms with van der Waals surface area (Å²) < 4.78 is 3.63. The fourth-order valence-electron chi connectivity index (χ4n) is 3.18. The molecule has 0 spiro atoms. The van der Waals surface area contributed by atoms with Crippen molar-refractivity contribution in [2.45, 2.75) is 0 Å². The van der Waals surface area contributed by atoms with Gasteiger partial charge >= 0.3 is 0 Å². The molecule has 0 amide bonds. The average Bonchev–Trinajstić information content (AvgIpc) is 3.31. The number of nitrogens with one attached hydrogen (secondary N) is 3. The Labute approximate surface area is 216 Å². The van der Waals surface area contributed by atoms with Crippen LogP contribution in [0.4, 0.5) is 11.5 Å². The zero-order valence-corrected chi connectivity index (χ0v) is 20.7. The quantitative estimate of drug-likeness (QED) is 0.208. The number of aromatic amines is 3. The molecule has 0 aliphatic heterocycles. The Balaban J connectivity index is 0.000000165. The van der Waals surface area contributed by atoms with Crippen LogP contribution >= 0.6 is 47.6 Å². The third kappa shape index (κ3) is 4.91. The highest BCUT2D eigenvalue weighted by molar-refractivity contribution is 7.71. The molecule has 0 fully saturated rings. The molecule has 0 saturated heterocycles. The van der Waals surface area contributed by atoms with E-state index in [1.807, 2.05) is 12.1 Å². The Morgan fingerprint density at radius 3 is 1.83 bits per heavy atom. The van der Waals surface area contributed by atoms with E-state index in [0.717, 1.165) is 5.69 Å². The highest BCUT2D eigenvalue weighted by Gasteiger charge is 2.10. The van der Waals surface area contributed by atoms with Crippen LogP contribution in [0.15, 0.2) is 64.4 Å². The first kappa shape index (κ1) is 24.4. The van der Waals surface area contributed by atoms with Crippen LogP contribution in [-0.4, -0.2) is 29.1 Å². The van der Waals surface area contributed by atoms with Crippen LogP contribution in [0, 0.1) is 9.54 Å². The molecule has 2 aromatic carbocycles. The third-order valence-corrected chi connectivity index (χ3v) is 5.91. The average molecular weight is 547 g/mol. The Bertz CT molecular complexity index is 1770. The molecule has 10 nitrogen and oxygen atoms in total. The molecule has 0 atom stereocenters.